The molecule has 2 saturated heterocycles. The second-order valence-electron chi connectivity index (χ2n) is 10.2. The molecular weight excluding hydrogens is 564 g/mol. The van der Waals surface area contributed by atoms with Gasteiger partial charge in [-0.2, -0.15) is 0 Å². The van der Waals surface area contributed by atoms with Gasteiger partial charge in [0.25, 0.3) is 0 Å². The molecule has 0 saturated carbocycles. The highest BCUT2D eigenvalue weighted by Gasteiger charge is 2.45. The van der Waals surface area contributed by atoms with E-state index < -0.39 is 95.2 Å². The van der Waals surface area contributed by atoms with E-state index in [9.17, 15) is 50.8 Å². The Morgan fingerprint density at radius 2 is 1.24 bits per heavy atom. The van der Waals surface area contributed by atoms with Gasteiger partial charge in [0.2, 0.25) is 23.8 Å². The predicted octanol–water partition coefficient (Wildman–Crippen LogP) is -1.01. The lowest BCUT2D eigenvalue weighted by molar-refractivity contribution is -0.268. The number of benzene rings is 2. The van der Waals surface area contributed by atoms with Crippen molar-refractivity contribution in [3.8, 4) is 40.1 Å². The molecule has 42 heavy (non-hydrogen) atoms. The smallest absolute Gasteiger partial charge is 0.239 e. The zero-order chi connectivity index (χ0) is 30.6. The van der Waals surface area contributed by atoms with E-state index in [0.717, 1.165) is 24.3 Å². The van der Waals surface area contributed by atoms with Crippen LogP contribution in [0, 0.1) is 0 Å². The Labute approximate surface area is 236 Å². The van der Waals surface area contributed by atoms with E-state index in [-0.39, 0.29) is 22.7 Å². The fourth-order valence-electron chi connectivity index (χ4n) is 4.76. The van der Waals surface area contributed by atoms with Crippen molar-refractivity contribution < 1.29 is 69.3 Å². The van der Waals surface area contributed by atoms with E-state index in [0.29, 0.717) is 0 Å². The number of aliphatic hydroxyl groups excluding tert-OH is 6. The lowest BCUT2D eigenvalue weighted by Crippen LogP contribution is -2.58. The first kappa shape index (κ1) is 29.8. The number of hydrogen-bond acceptors (Lipinski definition) is 15. The van der Waals surface area contributed by atoms with Crippen LogP contribution in [0.3, 0.4) is 0 Å². The van der Waals surface area contributed by atoms with Crippen LogP contribution < -0.4 is 14.9 Å². The number of aromatic hydroxyl groups is 3. The van der Waals surface area contributed by atoms with Crippen LogP contribution in [0.4, 0.5) is 0 Å². The molecule has 3 aromatic rings. The number of phenols is 3. The first-order valence-corrected chi connectivity index (χ1v) is 12.9. The van der Waals surface area contributed by atoms with Crippen LogP contribution >= 0.6 is 0 Å². The molecule has 2 aliphatic rings. The summed E-state index contributed by atoms with van der Waals surface area (Å²) in [5.74, 6) is -2.89. The van der Waals surface area contributed by atoms with E-state index in [2.05, 4.69) is 0 Å². The Morgan fingerprint density at radius 1 is 0.667 bits per heavy atom. The van der Waals surface area contributed by atoms with Gasteiger partial charge in [-0.3, -0.25) is 4.79 Å². The second-order valence-corrected chi connectivity index (χ2v) is 10.2. The molecule has 15 heteroatoms. The van der Waals surface area contributed by atoms with Gasteiger partial charge in [-0.15, -0.1) is 0 Å². The highest BCUT2D eigenvalue weighted by molar-refractivity contribution is 5.88. The summed E-state index contributed by atoms with van der Waals surface area (Å²) in [7, 11) is 0. The maximum absolute atomic E-state index is 13.7. The van der Waals surface area contributed by atoms with Crippen molar-refractivity contribution in [2.24, 2.45) is 0 Å². The summed E-state index contributed by atoms with van der Waals surface area (Å²) < 4.78 is 28.0. The minimum Gasteiger partial charge on any atom is -0.507 e. The monoisotopic (exact) mass is 594 g/mol. The molecule has 10 atom stereocenters. The zero-order valence-electron chi connectivity index (χ0n) is 22.1. The number of rotatable bonds is 5. The van der Waals surface area contributed by atoms with Crippen LogP contribution in [-0.2, 0) is 9.47 Å². The lowest BCUT2D eigenvalue weighted by atomic mass is 10.00. The van der Waals surface area contributed by atoms with E-state index in [1.165, 1.54) is 19.9 Å². The Morgan fingerprint density at radius 3 is 1.81 bits per heavy atom. The van der Waals surface area contributed by atoms with Gasteiger partial charge in [0.15, 0.2) is 17.3 Å². The van der Waals surface area contributed by atoms with Crippen molar-refractivity contribution in [2.75, 3.05) is 0 Å². The van der Waals surface area contributed by atoms with Gasteiger partial charge in [-0.1, -0.05) is 0 Å². The van der Waals surface area contributed by atoms with Crippen molar-refractivity contribution in [1.82, 2.24) is 0 Å². The summed E-state index contributed by atoms with van der Waals surface area (Å²) in [4.78, 5) is 13.7. The first-order chi connectivity index (χ1) is 19.8. The number of fused-ring (bicyclic) bond motifs is 1. The lowest BCUT2D eigenvalue weighted by Gasteiger charge is -2.39. The van der Waals surface area contributed by atoms with Crippen LogP contribution in [0.1, 0.15) is 13.8 Å². The molecule has 2 fully saturated rings. The summed E-state index contributed by atoms with van der Waals surface area (Å²) in [5, 5.41) is 91.2. The van der Waals surface area contributed by atoms with Crippen molar-refractivity contribution in [2.45, 2.75) is 75.3 Å². The molecule has 2 aromatic carbocycles. The quantitative estimate of drug-likeness (QED) is 0.161. The Kier molecular flexibility index (Phi) is 7.95. The molecule has 0 amide bonds. The van der Waals surface area contributed by atoms with Gasteiger partial charge in [0.1, 0.15) is 59.1 Å². The predicted molar refractivity (Wildman–Crippen MR) is 139 cm³/mol. The molecule has 5 rings (SSSR count). The minimum absolute atomic E-state index is 0.000938. The van der Waals surface area contributed by atoms with Crippen LogP contribution in [0.2, 0.25) is 0 Å². The molecule has 9 N–H and O–H groups in total. The van der Waals surface area contributed by atoms with Gasteiger partial charge >= 0.3 is 0 Å². The molecule has 0 aliphatic carbocycles. The van der Waals surface area contributed by atoms with Crippen LogP contribution in [0.15, 0.2) is 39.5 Å². The highest BCUT2D eigenvalue weighted by Crippen LogP contribution is 2.40. The normalized spacial score (nSPS) is 33.4. The van der Waals surface area contributed by atoms with Gasteiger partial charge < -0.3 is 69.3 Å². The highest BCUT2D eigenvalue weighted by atomic mass is 16.7. The molecule has 1 aromatic heterocycles. The molecule has 3 heterocycles. The van der Waals surface area contributed by atoms with Crippen LogP contribution in [-0.4, -0.2) is 107 Å². The molecule has 0 spiro atoms. The second kappa shape index (κ2) is 11.2. The topological polar surface area (TPSA) is 249 Å². The summed E-state index contributed by atoms with van der Waals surface area (Å²) in [6.45, 7) is 2.85. The summed E-state index contributed by atoms with van der Waals surface area (Å²) in [6, 6.07) is 5.59. The van der Waals surface area contributed by atoms with E-state index in [4.69, 9.17) is 23.4 Å². The fraction of sp³-hybridized carbons (Fsp3) is 0.444. The van der Waals surface area contributed by atoms with Crippen molar-refractivity contribution in [3.63, 3.8) is 0 Å². The van der Waals surface area contributed by atoms with E-state index in [1.54, 1.807) is 0 Å². The maximum Gasteiger partial charge on any atom is 0.239 e. The van der Waals surface area contributed by atoms with Crippen LogP contribution in [0.5, 0.6) is 28.7 Å². The third kappa shape index (κ3) is 5.21. The van der Waals surface area contributed by atoms with Crippen LogP contribution in [0.25, 0.3) is 22.3 Å². The Hall–Kier alpha value is -3.67. The third-order valence-electron chi connectivity index (χ3n) is 7.25. The summed E-state index contributed by atoms with van der Waals surface area (Å²) in [5.41, 5.74) is -1.26. The van der Waals surface area contributed by atoms with Gasteiger partial charge in [0, 0.05) is 17.7 Å². The molecule has 2 aliphatic heterocycles. The van der Waals surface area contributed by atoms with Crippen molar-refractivity contribution in [1.29, 1.82) is 0 Å². The van der Waals surface area contributed by atoms with E-state index >= 15 is 0 Å². The Bertz CT molecular complexity index is 1520. The SMILES string of the molecule is C[C@H]1O[C@@H](Oc2cc(O)c3c(=O)c(O[C@H]4O[C@H](C)[C@@H](O)[C@@H](O)[C@@H]4O)c(-c4ccc(O)c(O)c4)oc3c2)[C@H](O)[C@@H](O)[C@H]1O. The molecule has 0 radical (unpaired) electrons. The average molecular weight is 595 g/mol. The molecule has 228 valence electrons. The Balaban J connectivity index is 1.61. The standard InChI is InChI=1S/C27H30O15/c1-8-17(31)20(34)22(36)26(38-8)40-11-6-14(30)16-15(7-11)41-24(10-3-4-12(28)13(29)5-10)25(19(16)33)42-27-23(37)21(35)18(32)9(2)39-27/h3-9,17-18,20-23,26-32,34-37H,1-2H3/t8-,9-,17+,18-,20+,21-,22-,23+,26+,27-/m1/s1. The molecule has 15 nitrogen and oxygen atoms in total. The van der Waals surface area contributed by atoms with Gasteiger partial charge in [-0.05, 0) is 32.0 Å². The average Bonchev–Trinajstić information content (AvgIpc) is 2.94. The number of phenolic OH excluding ortho intramolecular Hbond substituents is 3. The summed E-state index contributed by atoms with van der Waals surface area (Å²) >= 11 is 0. The number of aliphatic hydroxyl groups is 6. The molecular formula is C27H30O15. The molecule has 0 bridgehead atoms. The van der Waals surface area contributed by atoms with Gasteiger partial charge in [0.05, 0.1) is 12.2 Å². The summed E-state index contributed by atoms with van der Waals surface area (Å²) in [6.07, 6.45) is -14.7. The maximum atomic E-state index is 13.7. The molecule has 0 unspecified atom stereocenters. The number of hydrogen-bond donors (Lipinski definition) is 9. The number of ether oxygens (including phenoxy) is 4. The zero-order valence-corrected chi connectivity index (χ0v) is 22.1. The van der Waals surface area contributed by atoms with Crippen molar-refractivity contribution >= 4 is 11.0 Å². The van der Waals surface area contributed by atoms with Crippen molar-refractivity contribution in [3.05, 3.63) is 40.6 Å². The third-order valence-corrected chi connectivity index (χ3v) is 7.25. The minimum atomic E-state index is -1.81. The fourth-order valence-corrected chi connectivity index (χ4v) is 4.76. The van der Waals surface area contributed by atoms with E-state index in [1.807, 2.05) is 0 Å². The first-order valence-electron chi connectivity index (χ1n) is 12.9. The van der Waals surface area contributed by atoms with Gasteiger partial charge in [-0.25, -0.2) is 0 Å². The largest absolute Gasteiger partial charge is 0.507 e.